The number of furan rings is 1. The van der Waals surface area contributed by atoms with Gasteiger partial charge in [0.05, 0.1) is 0 Å². The number of carbonyl (C=O) groups is 1. The highest BCUT2D eigenvalue weighted by molar-refractivity contribution is 9.10. The highest BCUT2D eigenvalue weighted by Crippen LogP contribution is 2.28. The molecule has 0 aliphatic carbocycles. The molecule has 3 rings (SSSR count). The molecule has 1 unspecified atom stereocenters. The maximum Gasteiger partial charge on any atom is 0.371 e. The molecule has 0 amide bonds. The number of benzene rings is 2. The maximum absolute atomic E-state index is 10.8. The van der Waals surface area contributed by atoms with Crippen LogP contribution < -0.4 is 0 Å². The lowest BCUT2D eigenvalue weighted by molar-refractivity contribution is 0.0655. The van der Waals surface area contributed by atoms with Gasteiger partial charge < -0.3 is 14.6 Å². The van der Waals surface area contributed by atoms with Crippen LogP contribution in [0.1, 0.15) is 28.0 Å². The van der Waals surface area contributed by atoms with E-state index in [1.165, 1.54) is 12.1 Å². The molecule has 0 fully saturated rings. The van der Waals surface area contributed by atoms with E-state index >= 15 is 0 Å². The molecule has 106 valence electrons. The number of aliphatic hydroxyl groups is 1. The largest absolute Gasteiger partial charge is 0.475 e. The zero-order chi connectivity index (χ0) is 15.0. The number of fused-ring (bicyclic) bond motifs is 1. The second-order valence-electron chi connectivity index (χ2n) is 4.66. The lowest BCUT2D eigenvalue weighted by Crippen LogP contribution is -1.98. The summed E-state index contributed by atoms with van der Waals surface area (Å²) in [4.78, 5) is 10.8. The van der Waals surface area contributed by atoms with Gasteiger partial charge in [0.25, 0.3) is 0 Å². The molecule has 1 atom stereocenters. The predicted octanol–water partition coefficient (Wildman–Crippen LogP) is 3.98. The van der Waals surface area contributed by atoms with Crippen LogP contribution in [-0.4, -0.2) is 16.2 Å². The van der Waals surface area contributed by atoms with Crippen LogP contribution >= 0.6 is 15.9 Å². The summed E-state index contributed by atoms with van der Waals surface area (Å²) in [5, 5.41) is 21.2. The van der Waals surface area contributed by atoms with E-state index in [9.17, 15) is 9.90 Å². The van der Waals surface area contributed by atoms with E-state index in [0.29, 0.717) is 5.56 Å². The van der Waals surface area contributed by atoms with Gasteiger partial charge in [-0.3, -0.25) is 0 Å². The molecular formula is C16H11BrO4. The first-order valence-corrected chi connectivity index (χ1v) is 7.04. The summed E-state index contributed by atoms with van der Waals surface area (Å²) >= 11 is 3.41. The fourth-order valence-corrected chi connectivity index (χ4v) is 2.56. The topological polar surface area (TPSA) is 70.7 Å². The van der Waals surface area contributed by atoms with Crippen LogP contribution in [0.25, 0.3) is 10.8 Å². The molecule has 0 aliphatic rings. The molecule has 0 bridgehead atoms. The maximum atomic E-state index is 10.8. The van der Waals surface area contributed by atoms with E-state index in [0.717, 1.165) is 15.2 Å². The molecule has 2 N–H and O–H groups in total. The molecule has 0 radical (unpaired) electrons. The summed E-state index contributed by atoms with van der Waals surface area (Å²) in [6, 6.07) is 14.2. The molecule has 4 nitrogen and oxygen atoms in total. The van der Waals surface area contributed by atoms with Gasteiger partial charge in [0.1, 0.15) is 11.9 Å². The number of aromatic carboxylic acids is 1. The van der Waals surface area contributed by atoms with Gasteiger partial charge in [-0.2, -0.15) is 0 Å². The number of hydrogen-bond acceptors (Lipinski definition) is 3. The Hall–Kier alpha value is -2.11. The summed E-state index contributed by atoms with van der Waals surface area (Å²) in [6.45, 7) is 0. The molecular weight excluding hydrogens is 336 g/mol. The first kappa shape index (κ1) is 13.9. The van der Waals surface area contributed by atoms with Crippen LogP contribution in [0.5, 0.6) is 0 Å². The Balaban J connectivity index is 1.98. The van der Waals surface area contributed by atoms with Crippen molar-refractivity contribution in [3.8, 4) is 0 Å². The summed E-state index contributed by atoms with van der Waals surface area (Å²) in [5.41, 5.74) is 0.649. The summed E-state index contributed by atoms with van der Waals surface area (Å²) < 4.78 is 6.12. The van der Waals surface area contributed by atoms with Crippen LogP contribution in [0.4, 0.5) is 0 Å². The fourth-order valence-electron chi connectivity index (χ4n) is 2.18. The number of halogens is 1. The number of rotatable bonds is 3. The minimum Gasteiger partial charge on any atom is -0.475 e. The minimum atomic E-state index is -1.16. The van der Waals surface area contributed by atoms with Crippen molar-refractivity contribution in [2.24, 2.45) is 0 Å². The molecule has 1 aromatic heterocycles. The van der Waals surface area contributed by atoms with Gasteiger partial charge in [0.2, 0.25) is 5.76 Å². The first-order valence-electron chi connectivity index (χ1n) is 6.25. The number of carboxylic acid groups (broad SMARTS) is 1. The van der Waals surface area contributed by atoms with Crippen molar-refractivity contribution in [3.63, 3.8) is 0 Å². The van der Waals surface area contributed by atoms with Gasteiger partial charge in [0, 0.05) is 4.47 Å². The van der Waals surface area contributed by atoms with E-state index in [4.69, 9.17) is 9.52 Å². The highest BCUT2D eigenvalue weighted by atomic mass is 79.9. The number of hydrogen-bond donors (Lipinski definition) is 2. The Morgan fingerprint density at radius 3 is 2.48 bits per heavy atom. The highest BCUT2D eigenvalue weighted by Gasteiger charge is 2.17. The van der Waals surface area contributed by atoms with Gasteiger partial charge in [-0.05, 0) is 46.7 Å². The van der Waals surface area contributed by atoms with Crippen molar-refractivity contribution in [2.75, 3.05) is 0 Å². The van der Waals surface area contributed by atoms with E-state index in [1.807, 2.05) is 30.3 Å². The SMILES string of the molecule is O=C(O)c1ccc(C(O)c2ccc3cc(Br)ccc3c2)o1. The summed E-state index contributed by atoms with van der Waals surface area (Å²) in [7, 11) is 0. The van der Waals surface area contributed by atoms with Crippen LogP contribution in [0.15, 0.2) is 57.4 Å². The van der Waals surface area contributed by atoms with E-state index in [1.54, 1.807) is 6.07 Å². The van der Waals surface area contributed by atoms with Crippen molar-refractivity contribution < 1.29 is 19.4 Å². The van der Waals surface area contributed by atoms with Crippen molar-refractivity contribution >= 4 is 32.7 Å². The molecule has 0 saturated carbocycles. The van der Waals surface area contributed by atoms with Crippen molar-refractivity contribution in [1.82, 2.24) is 0 Å². The van der Waals surface area contributed by atoms with Crippen LogP contribution in [0, 0.1) is 0 Å². The smallest absolute Gasteiger partial charge is 0.371 e. The lowest BCUT2D eigenvalue weighted by Gasteiger charge is -2.09. The Bertz CT molecular complexity index is 822. The van der Waals surface area contributed by atoms with E-state index in [2.05, 4.69) is 15.9 Å². The lowest BCUT2D eigenvalue weighted by atomic mass is 10.0. The predicted molar refractivity (Wildman–Crippen MR) is 81.4 cm³/mol. The van der Waals surface area contributed by atoms with Gasteiger partial charge in [-0.25, -0.2) is 4.79 Å². The van der Waals surface area contributed by atoms with Crippen molar-refractivity contribution in [1.29, 1.82) is 0 Å². The van der Waals surface area contributed by atoms with Crippen LogP contribution in [-0.2, 0) is 0 Å². The van der Waals surface area contributed by atoms with Crippen molar-refractivity contribution in [3.05, 3.63) is 70.1 Å². The van der Waals surface area contributed by atoms with Gasteiger partial charge in [0.15, 0.2) is 0 Å². The summed E-state index contributed by atoms with van der Waals surface area (Å²) in [5.74, 6) is -1.13. The standard InChI is InChI=1S/C16H11BrO4/c17-12-4-3-9-7-11(2-1-10(9)8-12)15(18)13-5-6-14(21-13)16(19)20/h1-8,15,18H,(H,19,20). The second-order valence-corrected chi connectivity index (χ2v) is 5.58. The third kappa shape index (κ3) is 2.70. The Morgan fingerprint density at radius 2 is 1.76 bits per heavy atom. The number of carboxylic acids is 1. The quantitative estimate of drug-likeness (QED) is 0.752. The van der Waals surface area contributed by atoms with Crippen LogP contribution in [0.3, 0.4) is 0 Å². The molecule has 1 heterocycles. The Labute approximate surface area is 128 Å². The zero-order valence-corrected chi connectivity index (χ0v) is 12.4. The monoisotopic (exact) mass is 346 g/mol. The second kappa shape index (κ2) is 5.35. The molecule has 2 aromatic carbocycles. The molecule has 3 aromatic rings. The van der Waals surface area contributed by atoms with Crippen molar-refractivity contribution in [2.45, 2.75) is 6.10 Å². The molecule has 0 aliphatic heterocycles. The van der Waals surface area contributed by atoms with E-state index in [-0.39, 0.29) is 11.5 Å². The Morgan fingerprint density at radius 1 is 1.05 bits per heavy atom. The third-order valence-electron chi connectivity index (χ3n) is 3.25. The average molecular weight is 347 g/mol. The van der Waals surface area contributed by atoms with Gasteiger partial charge in [-0.15, -0.1) is 0 Å². The molecule has 5 heteroatoms. The Kier molecular flexibility index (Phi) is 3.53. The van der Waals surface area contributed by atoms with E-state index < -0.39 is 12.1 Å². The zero-order valence-electron chi connectivity index (χ0n) is 10.8. The third-order valence-corrected chi connectivity index (χ3v) is 3.74. The fraction of sp³-hybridized carbons (Fsp3) is 0.0625. The summed E-state index contributed by atoms with van der Waals surface area (Å²) in [6.07, 6.45) is -0.994. The molecule has 21 heavy (non-hydrogen) atoms. The van der Waals surface area contributed by atoms with Gasteiger partial charge >= 0.3 is 5.97 Å². The number of aliphatic hydroxyl groups excluding tert-OH is 1. The minimum absolute atomic E-state index is 0.186. The first-order chi connectivity index (χ1) is 10.0. The normalized spacial score (nSPS) is 12.5. The average Bonchev–Trinajstić information content (AvgIpc) is 2.96. The molecule has 0 spiro atoms. The molecule has 0 saturated heterocycles. The van der Waals surface area contributed by atoms with Crippen LogP contribution in [0.2, 0.25) is 0 Å². The van der Waals surface area contributed by atoms with Gasteiger partial charge in [-0.1, -0.05) is 34.1 Å².